The van der Waals surface area contributed by atoms with Crippen molar-refractivity contribution in [2.24, 2.45) is 5.73 Å². The van der Waals surface area contributed by atoms with E-state index in [1.165, 1.54) is 0 Å². The lowest BCUT2D eigenvalue weighted by Gasteiger charge is -2.09. The molecular weight excluding hydrogens is 264 g/mol. The number of halogens is 1. The molecule has 1 atom stereocenters. The standard InChI is InChI=1S/C14H11ClN2O2/c15-10-3-1-2-4-12(10)19-8-5-6-9-11(7-8)17-14(18)13(9)16/h1-7,13H,16H2,(H,17,18). The van der Waals surface area contributed by atoms with E-state index in [2.05, 4.69) is 5.32 Å². The molecule has 0 fully saturated rings. The maximum absolute atomic E-state index is 11.5. The van der Waals surface area contributed by atoms with Crippen molar-refractivity contribution in [2.45, 2.75) is 6.04 Å². The summed E-state index contributed by atoms with van der Waals surface area (Å²) in [5.41, 5.74) is 7.20. The molecule has 0 saturated heterocycles. The van der Waals surface area contributed by atoms with E-state index >= 15 is 0 Å². The fraction of sp³-hybridized carbons (Fsp3) is 0.0714. The molecule has 2 aromatic rings. The topological polar surface area (TPSA) is 64.4 Å². The Balaban J connectivity index is 1.91. The van der Waals surface area contributed by atoms with E-state index in [1.807, 2.05) is 12.1 Å². The van der Waals surface area contributed by atoms with Gasteiger partial charge in [-0.25, -0.2) is 0 Å². The van der Waals surface area contributed by atoms with Crippen LogP contribution >= 0.6 is 11.6 Å². The summed E-state index contributed by atoms with van der Waals surface area (Å²) < 4.78 is 5.68. The van der Waals surface area contributed by atoms with Crippen molar-refractivity contribution >= 4 is 23.2 Å². The first kappa shape index (κ1) is 12.0. The van der Waals surface area contributed by atoms with E-state index in [1.54, 1.807) is 30.3 Å². The molecule has 1 amide bonds. The summed E-state index contributed by atoms with van der Waals surface area (Å²) in [6.07, 6.45) is 0. The van der Waals surface area contributed by atoms with Crippen LogP contribution in [0.3, 0.4) is 0 Å². The summed E-state index contributed by atoms with van der Waals surface area (Å²) in [5, 5.41) is 3.24. The van der Waals surface area contributed by atoms with Crippen LogP contribution in [-0.2, 0) is 4.79 Å². The number of anilines is 1. The summed E-state index contributed by atoms with van der Waals surface area (Å²) in [6, 6.07) is 11.9. The smallest absolute Gasteiger partial charge is 0.245 e. The van der Waals surface area contributed by atoms with Gasteiger partial charge in [-0.3, -0.25) is 4.79 Å². The van der Waals surface area contributed by atoms with E-state index in [-0.39, 0.29) is 5.91 Å². The van der Waals surface area contributed by atoms with Gasteiger partial charge in [0.2, 0.25) is 5.91 Å². The van der Waals surface area contributed by atoms with Gasteiger partial charge in [0.25, 0.3) is 0 Å². The van der Waals surface area contributed by atoms with Gasteiger partial charge < -0.3 is 15.8 Å². The van der Waals surface area contributed by atoms with Crippen LogP contribution < -0.4 is 15.8 Å². The third-order valence-electron chi connectivity index (χ3n) is 2.96. The largest absolute Gasteiger partial charge is 0.456 e. The lowest BCUT2D eigenvalue weighted by Crippen LogP contribution is -2.19. The van der Waals surface area contributed by atoms with Crippen LogP contribution in [0.5, 0.6) is 11.5 Å². The fourth-order valence-electron chi connectivity index (χ4n) is 1.98. The van der Waals surface area contributed by atoms with E-state index in [4.69, 9.17) is 22.1 Å². The van der Waals surface area contributed by atoms with Gasteiger partial charge in [-0.05, 0) is 18.2 Å². The molecule has 0 spiro atoms. The molecular formula is C14H11ClN2O2. The molecule has 0 bridgehead atoms. The summed E-state index contributed by atoms with van der Waals surface area (Å²) in [7, 11) is 0. The number of benzene rings is 2. The lowest BCUT2D eigenvalue weighted by molar-refractivity contribution is -0.116. The maximum atomic E-state index is 11.5. The zero-order valence-corrected chi connectivity index (χ0v) is 10.6. The number of amides is 1. The second kappa shape index (κ2) is 4.57. The van der Waals surface area contributed by atoms with Gasteiger partial charge in [-0.15, -0.1) is 0 Å². The molecule has 0 aromatic heterocycles. The third kappa shape index (κ3) is 2.16. The van der Waals surface area contributed by atoms with Crippen molar-refractivity contribution in [1.82, 2.24) is 0 Å². The molecule has 2 aromatic carbocycles. The molecule has 19 heavy (non-hydrogen) atoms. The van der Waals surface area contributed by atoms with Gasteiger partial charge in [0, 0.05) is 17.3 Å². The molecule has 4 nitrogen and oxygen atoms in total. The number of para-hydroxylation sites is 1. The van der Waals surface area contributed by atoms with Crippen molar-refractivity contribution in [1.29, 1.82) is 0 Å². The minimum Gasteiger partial charge on any atom is -0.456 e. The second-order valence-corrected chi connectivity index (χ2v) is 4.66. The summed E-state index contributed by atoms with van der Waals surface area (Å²) in [4.78, 5) is 11.5. The number of carbonyl (C=O) groups excluding carboxylic acids is 1. The van der Waals surface area contributed by atoms with Gasteiger partial charge in [0.1, 0.15) is 17.5 Å². The first-order valence-corrected chi connectivity index (χ1v) is 6.16. The van der Waals surface area contributed by atoms with Crippen LogP contribution in [-0.4, -0.2) is 5.91 Å². The molecule has 1 aliphatic rings. The highest BCUT2D eigenvalue weighted by molar-refractivity contribution is 6.32. The minimum absolute atomic E-state index is 0.204. The predicted octanol–water partition coefficient (Wildman–Crippen LogP) is 3.08. The Labute approximate surface area is 115 Å². The van der Waals surface area contributed by atoms with Crippen molar-refractivity contribution in [3.05, 3.63) is 53.1 Å². The van der Waals surface area contributed by atoms with E-state index in [9.17, 15) is 4.79 Å². The molecule has 3 N–H and O–H groups in total. The zero-order valence-electron chi connectivity index (χ0n) is 9.89. The molecule has 0 aliphatic carbocycles. The predicted molar refractivity (Wildman–Crippen MR) is 73.5 cm³/mol. The van der Waals surface area contributed by atoms with E-state index in [0.29, 0.717) is 22.2 Å². The van der Waals surface area contributed by atoms with Gasteiger partial charge in [0.15, 0.2) is 0 Å². The van der Waals surface area contributed by atoms with Crippen LogP contribution in [0.25, 0.3) is 0 Å². The quantitative estimate of drug-likeness (QED) is 0.884. The average molecular weight is 275 g/mol. The first-order valence-electron chi connectivity index (χ1n) is 5.78. The number of carbonyl (C=O) groups is 1. The number of fused-ring (bicyclic) bond motifs is 1. The normalized spacial score (nSPS) is 16.9. The monoisotopic (exact) mass is 274 g/mol. The first-order chi connectivity index (χ1) is 9.15. The molecule has 0 radical (unpaired) electrons. The van der Waals surface area contributed by atoms with Crippen LogP contribution in [0.2, 0.25) is 5.02 Å². The summed E-state index contributed by atoms with van der Waals surface area (Å²) in [6.45, 7) is 0. The van der Waals surface area contributed by atoms with Gasteiger partial charge in [0.05, 0.1) is 5.02 Å². The van der Waals surface area contributed by atoms with Crippen molar-refractivity contribution in [3.63, 3.8) is 0 Å². The Bertz CT molecular complexity index is 658. The summed E-state index contributed by atoms with van der Waals surface area (Å²) >= 11 is 6.02. The number of ether oxygens (including phenoxy) is 1. The van der Waals surface area contributed by atoms with E-state index < -0.39 is 6.04 Å². The number of nitrogens with two attached hydrogens (primary N) is 1. The second-order valence-electron chi connectivity index (χ2n) is 4.25. The minimum atomic E-state index is -0.607. The van der Waals surface area contributed by atoms with Gasteiger partial charge in [-0.2, -0.15) is 0 Å². The van der Waals surface area contributed by atoms with E-state index in [0.717, 1.165) is 5.56 Å². The molecule has 3 rings (SSSR count). The maximum Gasteiger partial charge on any atom is 0.245 e. The number of hydrogen-bond donors (Lipinski definition) is 2. The van der Waals surface area contributed by atoms with Crippen molar-refractivity contribution in [3.8, 4) is 11.5 Å². The lowest BCUT2D eigenvalue weighted by atomic mass is 10.1. The number of nitrogens with one attached hydrogen (secondary N) is 1. The third-order valence-corrected chi connectivity index (χ3v) is 3.28. The molecule has 96 valence electrons. The zero-order chi connectivity index (χ0) is 13.4. The SMILES string of the molecule is NC1C(=O)Nc2cc(Oc3ccccc3Cl)ccc21. The van der Waals surface area contributed by atoms with Crippen LogP contribution in [0.1, 0.15) is 11.6 Å². The average Bonchev–Trinajstić information content (AvgIpc) is 2.68. The van der Waals surface area contributed by atoms with Crippen molar-refractivity contribution in [2.75, 3.05) is 5.32 Å². The Morgan fingerprint density at radius 1 is 1.21 bits per heavy atom. The Hall–Kier alpha value is -2.04. The molecule has 0 saturated carbocycles. The Kier molecular flexibility index (Phi) is 2.89. The number of rotatable bonds is 2. The van der Waals surface area contributed by atoms with Gasteiger partial charge >= 0.3 is 0 Å². The van der Waals surface area contributed by atoms with Crippen molar-refractivity contribution < 1.29 is 9.53 Å². The van der Waals surface area contributed by atoms with Crippen LogP contribution in [0, 0.1) is 0 Å². The van der Waals surface area contributed by atoms with Crippen LogP contribution in [0.15, 0.2) is 42.5 Å². The molecule has 1 heterocycles. The summed E-state index contributed by atoms with van der Waals surface area (Å²) in [5.74, 6) is 0.962. The highest BCUT2D eigenvalue weighted by Crippen LogP contribution is 2.35. The molecule has 5 heteroatoms. The van der Waals surface area contributed by atoms with Gasteiger partial charge in [-0.1, -0.05) is 29.8 Å². The Morgan fingerprint density at radius 3 is 2.79 bits per heavy atom. The Morgan fingerprint density at radius 2 is 2.00 bits per heavy atom. The fourth-order valence-corrected chi connectivity index (χ4v) is 2.16. The highest BCUT2D eigenvalue weighted by Gasteiger charge is 2.27. The number of hydrogen-bond acceptors (Lipinski definition) is 3. The molecule has 1 unspecified atom stereocenters. The highest BCUT2D eigenvalue weighted by atomic mass is 35.5. The molecule has 1 aliphatic heterocycles. The van der Waals surface area contributed by atoms with Crippen LogP contribution in [0.4, 0.5) is 5.69 Å².